The summed E-state index contributed by atoms with van der Waals surface area (Å²) in [5.41, 5.74) is 0.345. The lowest BCUT2D eigenvalue weighted by atomic mass is 10.2. The Hall–Kier alpha value is -1.78. The smallest absolute Gasteiger partial charge is 0.194 e. The molecule has 0 amide bonds. The number of nitrogens with zero attached hydrogens (tertiary/aromatic N) is 2. The molecule has 0 saturated heterocycles. The molecule has 0 atom stereocenters. The highest BCUT2D eigenvalue weighted by Gasteiger charge is 2.06. The van der Waals surface area contributed by atoms with E-state index in [9.17, 15) is 10.2 Å². The van der Waals surface area contributed by atoms with Crippen LogP contribution in [0.3, 0.4) is 0 Å². The second-order valence-electron chi connectivity index (χ2n) is 3.43. The van der Waals surface area contributed by atoms with Crippen LogP contribution in [-0.4, -0.2) is 21.4 Å². The van der Waals surface area contributed by atoms with E-state index < -0.39 is 0 Å². The number of pyridine rings is 1. The molecule has 0 aliphatic rings. The van der Waals surface area contributed by atoms with Crippen molar-refractivity contribution in [2.45, 2.75) is 0 Å². The van der Waals surface area contributed by atoms with E-state index in [2.05, 4.69) is 9.98 Å². The van der Waals surface area contributed by atoms with E-state index in [1.165, 1.54) is 30.6 Å². The normalized spacial score (nSPS) is 11.0. The summed E-state index contributed by atoms with van der Waals surface area (Å²) >= 11 is 11.6. The highest BCUT2D eigenvalue weighted by atomic mass is 35.5. The highest BCUT2D eigenvalue weighted by Crippen LogP contribution is 2.30. The molecule has 1 heterocycles. The fraction of sp³-hybridized carbons (Fsp3) is 0. The van der Waals surface area contributed by atoms with Crippen molar-refractivity contribution >= 4 is 35.2 Å². The maximum absolute atomic E-state index is 9.70. The molecule has 2 rings (SSSR count). The quantitative estimate of drug-likeness (QED) is 0.828. The van der Waals surface area contributed by atoms with Gasteiger partial charge in [0.2, 0.25) is 0 Å². The summed E-state index contributed by atoms with van der Waals surface area (Å²) < 4.78 is 0. The maximum atomic E-state index is 9.70. The first kappa shape index (κ1) is 12.7. The molecule has 2 aromatic rings. The third kappa shape index (κ3) is 2.72. The van der Waals surface area contributed by atoms with Crippen molar-refractivity contribution in [2.24, 2.45) is 4.99 Å². The number of phenolic OH excluding ortho intramolecular Hbond substituents is 1. The van der Waals surface area contributed by atoms with Gasteiger partial charge < -0.3 is 10.2 Å². The molecule has 0 bridgehead atoms. The van der Waals surface area contributed by atoms with Gasteiger partial charge in [-0.05, 0) is 24.3 Å². The van der Waals surface area contributed by atoms with Crippen LogP contribution in [0.2, 0.25) is 10.0 Å². The van der Waals surface area contributed by atoms with E-state index in [-0.39, 0.29) is 22.3 Å². The minimum atomic E-state index is -0.125. The molecule has 92 valence electrons. The minimum absolute atomic E-state index is 0.0543. The van der Waals surface area contributed by atoms with Crippen LogP contribution in [0.15, 0.2) is 35.5 Å². The number of aliphatic imine (C=N–C) groups is 1. The Bertz CT molecular complexity index is 615. The molecule has 0 radical (unpaired) electrons. The van der Waals surface area contributed by atoms with Gasteiger partial charge in [-0.25, -0.2) is 9.98 Å². The number of benzene rings is 1. The largest absolute Gasteiger partial charge is 0.506 e. The van der Waals surface area contributed by atoms with E-state index in [0.717, 1.165) is 0 Å². The van der Waals surface area contributed by atoms with Gasteiger partial charge in [0.1, 0.15) is 5.75 Å². The van der Waals surface area contributed by atoms with Crippen LogP contribution >= 0.6 is 23.2 Å². The van der Waals surface area contributed by atoms with Gasteiger partial charge in [0.05, 0.1) is 5.02 Å². The summed E-state index contributed by atoms with van der Waals surface area (Å²) in [6.45, 7) is 0. The van der Waals surface area contributed by atoms with Gasteiger partial charge in [0, 0.05) is 23.0 Å². The van der Waals surface area contributed by atoms with Crippen molar-refractivity contribution in [1.82, 2.24) is 4.98 Å². The molecule has 4 nitrogen and oxygen atoms in total. The standard InChI is InChI=1S/C12H8Cl2N2O2/c13-8-4-7(11(18)9(14)5-8)6-16-12-10(17)2-1-3-15-12/h1-6,17-18H/b16-6+. The Morgan fingerprint density at radius 3 is 2.72 bits per heavy atom. The summed E-state index contributed by atoms with van der Waals surface area (Å²) in [6.07, 6.45) is 2.83. The first-order chi connectivity index (χ1) is 8.58. The molecule has 1 aromatic carbocycles. The fourth-order valence-electron chi connectivity index (χ4n) is 1.30. The lowest BCUT2D eigenvalue weighted by Gasteiger charge is -2.02. The van der Waals surface area contributed by atoms with Crippen LogP contribution in [0.25, 0.3) is 0 Å². The topological polar surface area (TPSA) is 65.7 Å². The number of hydrogen-bond acceptors (Lipinski definition) is 4. The van der Waals surface area contributed by atoms with E-state index in [0.29, 0.717) is 10.6 Å². The molecule has 6 heteroatoms. The number of aromatic hydroxyl groups is 2. The molecule has 0 aliphatic heterocycles. The highest BCUT2D eigenvalue weighted by molar-refractivity contribution is 6.36. The Morgan fingerprint density at radius 2 is 2.00 bits per heavy atom. The molecule has 0 spiro atoms. The molecule has 2 N–H and O–H groups in total. The van der Waals surface area contributed by atoms with E-state index in [1.807, 2.05) is 0 Å². The Kier molecular flexibility index (Phi) is 3.69. The zero-order valence-corrected chi connectivity index (χ0v) is 10.5. The maximum Gasteiger partial charge on any atom is 0.194 e. The van der Waals surface area contributed by atoms with Crippen molar-refractivity contribution in [3.8, 4) is 11.5 Å². The van der Waals surface area contributed by atoms with Gasteiger partial charge in [-0.3, -0.25) is 0 Å². The molecule has 0 aliphatic carbocycles. The Labute approximate surface area is 113 Å². The molecular weight excluding hydrogens is 275 g/mol. The summed E-state index contributed by atoms with van der Waals surface area (Å²) in [5.74, 6) is -0.0328. The third-order valence-corrected chi connectivity index (χ3v) is 2.66. The summed E-state index contributed by atoms with van der Waals surface area (Å²) in [6, 6.07) is 5.98. The van der Waals surface area contributed by atoms with Gasteiger partial charge in [-0.1, -0.05) is 23.2 Å². The van der Waals surface area contributed by atoms with Gasteiger partial charge in [-0.15, -0.1) is 0 Å². The second kappa shape index (κ2) is 5.25. The number of aromatic nitrogens is 1. The average Bonchev–Trinajstić information content (AvgIpc) is 2.33. The zero-order valence-electron chi connectivity index (χ0n) is 9.01. The summed E-state index contributed by atoms with van der Waals surface area (Å²) in [7, 11) is 0. The number of rotatable bonds is 2. The second-order valence-corrected chi connectivity index (χ2v) is 4.27. The average molecular weight is 283 g/mol. The summed E-state index contributed by atoms with van der Waals surface area (Å²) in [5, 5.41) is 19.7. The zero-order chi connectivity index (χ0) is 13.1. The van der Waals surface area contributed by atoms with Crippen LogP contribution in [0.1, 0.15) is 5.56 Å². The van der Waals surface area contributed by atoms with Gasteiger partial charge in [-0.2, -0.15) is 0 Å². The minimum Gasteiger partial charge on any atom is -0.506 e. The van der Waals surface area contributed by atoms with Crippen LogP contribution in [0.5, 0.6) is 11.5 Å². The first-order valence-corrected chi connectivity index (χ1v) is 5.69. The summed E-state index contributed by atoms with van der Waals surface area (Å²) in [4.78, 5) is 7.83. The molecule has 0 fully saturated rings. The molecule has 0 saturated carbocycles. The van der Waals surface area contributed by atoms with Crippen molar-refractivity contribution in [1.29, 1.82) is 0 Å². The van der Waals surface area contributed by atoms with Crippen molar-refractivity contribution < 1.29 is 10.2 Å². The van der Waals surface area contributed by atoms with Gasteiger partial charge >= 0.3 is 0 Å². The molecular formula is C12H8Cl2N2O2. The van der Waals surface area contributed by atoms with E-state index >= 15 is 0 Å². The third-order valence-electron chi connectivity index (χ3n) is 2.15. The predicted molar refractivity (Wildman–Crippen MR) is 71.3 cm³/mol. The van der Waals surface area contributed by atoms with Crippen LogP contribution in [0, 0.1) is 0 Å². The van der Waals surface area contributed by atoms with Crippen molar-refractivity contribution in [3.05, 3.63) is 46.1 Å². The SMILES string of the molecule is Oc1cccnc1/N=C/c1cc(Cl)cc(Cl)c1O. The number of hydrogen-bond donors (Lipinski definition) is 2. The monoisotopic (exact) mass is 282 g/mol. The van der Waals surface area contributed by atoms with E-state index in [1.54, 1.807) is 6.07 Å². The number of halogens is 2. The molecule has 1 aromatic heterocycles. The number of phenols is 1. The van der Waals surface area contributed by atoms with Crippen molar-refractivity contribution in [3.63, 3.8) is 0 Å². The first-order valence-electron chi connectivity index (χ1n) is 4.94. The Balaban J connectivity index is 2.38. The van der Waals surface area contributed by atoms with Crippen LogP contribution < -0.4 is 0 Å². The lowest BCUT2D eigenvalue weighted by molar-refractivity contribution is 0.473. The van der Waals surface area contributed by atoms with Gasteiger partial charge in [0.15, 0.2) is 11.6 Å². The van der Waals surface area contributed by atoms with Crippen molar-refractivity contribution in [2.75, 3.05) is 0 Å². The molecule has 18 heavy (non-hydrogen) atoms. The van der Waals surface area contributed by atoms with Gasteiger partial charge in [0.25, 0.3) is 0 Å². The van der Waals surface area contributed by atoms with E-state index in [4.69, 9.17) is 23.2 Å². The van der Waals surface area contributed by atoms with Crippen LogP contribution in [-0.2, 0) is 0 Å². The molecule has 0 unspecified atom stereocenters. The fourth-order valence-corrected chi connectivity index (χ4v) is 1.81. The predicted octanol–water partition coefficient (Wildman–Crippen LogP) is 3.55. The van der Waals surface area contributed by atoms with Crippen LogP contribution in [0.4, 0.5) is 5.82 Å². The Morgan fingerprint density at radius 1 is 1.22 bits per heavy atom. The lowest BCUT2D eigenvalue weighted by Crippen LogP contribution is -1.84.